The zero-order chi connectivity index (χ0) is 7.33. The standard InChI is InChI=1S/C5H14O3Si.ClH/c1-5-9(6-2,7-3)8-4;/h5H2,1-4H3;1H. The molecular weight excluding hydrogens is 172 g/mol. The summed E-state index contributed by atoms with van der Waals surface area (Å²) in [5, 5.41) is 0. The van der Waals surface area contributed by atoms with Gasteiger partial charge >= 0.3 is 8.80 Å². The SMILES string of the molecule is CC[Si](OC)(OC)OC.Cl. The molecular formula is C5H15ClO3Si. The maximum absolute atomic E-state index is 5.08. The van der Waals surface area contributed by atoms with E-state index in [1.807, 2.05) is 6.92 Å². The van der Waals surface area contributed by atoms with Crippen molar-refractivity contribution >= 4 is 21.2 Å². The van der Waals surface area contributed by atoms with E-state index in [4.69, 9.17) is 13.3 Å². The van der Waals surface area contributed by atoms with E-state index in [1.54, 1.807) is 21.3 Å². The molecule has 3 nitrogen and oxygen atoms in total. The summed E-state index contributed by atoms with van der Waals surface area (Å²) in [7, 11) is 2.65. The molecule has 5 heteroatoms. The van der Waals surface area contributed by atoms with E-state index in [0.29, 0.717) is 0 Å². The molecule has 0 heterocycles. The van der Waals surface area contributed by atoms with Gasteiger partial charge < -0.3 is 13.3 Å². The van der Waals surface area contributed by atoms with Crippen LogP contribution in [0.3, 0.4) is 0 Å². The molecule has 10 heavy (non-hydrogen) atoms. The van der Waals surface area contributed by atoms with Crippen molar-refractivity contribution in [3.05, 3.63) is 0 Å². The number of hydrogen-bond acceptors (Lipinski definition) is 3. The van der Waals surface area contributed by atoms with Gasteiger partial charge in [-0.1, -0.05) is 6.92 Å². The second-order valence-corrected chi connectivity index (χ2v) is 4.95. The van der Waals surface area contributed by atoms with Crippen LogP contribution in [0, 0.1) is 0 Å². The van der Waals surface area contributed by atoms with Gasteiger partial charge in [-0.05, 0) is 0 Å². The molecule has 0 fully saturated rings. The third-order valence-electron chi connectivity index (χ3n) is 1.37. The molecule has 0 radical (unpaired) electrons. The summed E-state index contributed by atoms with van der Waals surface area (Å²) in [5.41, 5.74) is 0. The molecule has 0 atom stereocenters. The van der Waals surface area contributed by atoms with Crippen molar-refractivity contribution in [2.75, 3.05) is 21.3 Å². The van der Waals surface area contributed by atoms with E-state index in [9.17, 15) is 0 Å². The van der Waals surface area contributed by atoms with Gasteiger partial charge in [0.25, 0.3) is 0 Å². The molecule has 0 aliphatic rings. The Kier molecular flexibility index (Phi) is 7.96. The fraction of sp³-hybridized carbons (Fsp3) is 1.00. The highest BCUT2D eigenvalue weighted by Crippen LogP contribution is 2.10. The molecule has 0 aromatic rings. The summed E-state index contributed by atoms with van der Waals surface area (Å²) >= 11 is 0. The van der Waals surface area contributed by atoms with Crippen LogP contribution in [-0.4, -0.2) is 30.1 Å². The normalized spacial score (nSPS) is 10.8. The lowest BCUT2D eigenvalue weighted by atomic mass is 11.0. The van der Waals surface area contributed by atoms with Crippen LogP contribution >= 0.6 is 12.4 Å². The Morgan fingerprint density at radius 3 is 1.30 bits per heavy atom. The molecule has 0 saturated heterocycles. The summed E-state index contributed by atoms with van der Waals surface area (Å²) < 4.78 is 15.2. The lowest BCUT2D eigenvalue weighted by Gasteiger charge is -2.22. The molecule has 0 aliphatic carbocycles. The van der Waals surface area contributed by atoms with Crippen molar-refractivity contribution in [3.63, 3.8) is 0 Å². The number of rotatable bonds is 4. The summed E-state index contributed by atoms with van der Waals surface area (Å²) in [5.74, 6) is 0. The van der Waals surface area contributed by atoms with Crippen LogP contribution < -0.4 is 0 Å². The second-order valence-electron chi connectivity index (χ2n) is 1.65. The van der Waals surface area contributed by atoms with Crippen molar-refractivity contribution in [2.24, 2.45) is 0 Å². The first-order chi connectivity index (χ1) is 4.24. The molecule has 64 valence electrons. The first kappa shape index (κ1) is 13.0. The highest BCUT2D eigenvalue weighted by atomic mass is 35.5. The maximum atomic E-state index is 5.08. The predicted molar refractivity (Wildman–Crippen MR) is 44.5 cm³/mol. The Hall–Kier alpha value is 0.387. The Balaban J connectivity index is 0. The van der Waals surface area contributed by atoms with Crippen LogP contribution in [0.4, 0.5) is 0 Å². The van der Waals surface area contributed by atoms with Gasteiger partial charge in [0.05, 0.1) is 0 Å². The Morgan fingerprint density at radius 1 is 1.00 bits per heavy atom. The minimum absolute atomic E-state index is 0. The fourth-order valence-corrected chi connectivity index (χ4v) is 2.05. The molecule has 0 bridgehead atoms. The summed E-state index contributed by atoms with van der Waals surface area (Å²) in [6.07, 6.45) is 0. The highest BCUT2D eigenvalue weighted by Gasteiger charge is 2.34. The van der Waals surface area contributed by atoms with Crippen molar-refractivity contribution in [2.45, 2.75) is 13.0 Å². The van der Waals surface area contributed by atoms with E-state index >= 15 is 0 Å². The summed E-state index contributed by atoms with van der Waals surface area (Å²) in [4.78, 5) is 0. The van der Waals surface area contributed by atoms with Crippen molar-refractivity contribution in [3.8, 4) is 0 Å². The molecule has 0 aliphatic heterocycles. The summed E-state index contributed by atoms with van der Waals surface area (Å²) in [6, 6.07) is 0.816. The van der Waals surface area contributed by atoms with Gasteiger partial charge in [-0.2, -0.15) is 0 Å². The largest absolute Gasteiger partial charge is 0.499 e. The molecule has 0 saturated carbocycles. The Morgan fingerprint density at radius 2 is 1.30 bits per heavy atom. The van der Waals surface area contributed by atoms with E-state index in [0.717, 1.165) is 6.04 Å². The molecule has 0 rings (SSSR count). The van der Waals surface area contributed by atoms with Crippen LogP contribution in [0.25, 0.3) is 0 Å². The van der Waals surface area contributed by atoms with Gasteiger partial charge in [-0.25, -0.2) is 0 Å². The van der Waals surface area contributed by atoms with Crippen LogP contribution in [0.2, 0.25) is 6.04 Å². The summed E-state index contributed by atoms with van der Waals surface area (Å²) in [6.45, 7) is 1.99. The minimum Gasteiger partial charge on any atom is -0.377 e. The molecule has 0 spiro atoms. The zero-order valence-corrected chi connectivity index (χ0v) is 8.66. The van der Waals surface area contributed by atoms with Crippen LogP contribution in [0.1, 0.15) is 6.92 Å². The molecule has 0 N–H and O–H groups in total. The van der Waals surface area contributed by atoms with E-state index < -0.39 is 8.80 Å². The van der Waals surface area contributed by atoms with Gasteiger partial charge in [0, 0.05) is 27.4 Å². The number of hydrogen-bond donors (Lipinski definition) is 0. The topological polar surface area (TPSA) is 27.7 Å². The zero-order valence-electron chi connectivity index (χ0n) is 6.84. The average molecular weight is 187 g/mol. The first-order valence-corrected chi connectivity index (χ1v) is 4.83. The first-order valence-electron chi connectivity index (χ1n) is 2.90. The van der Waals surface area contributed by atoms with Crippen LogP contribution in [-0.2, 0) is 13.3 Å². The monoisotopic (exact) mass is 186 g/mol. The van der Waals surface area contributed by atoms with Gasteiger partial charge in [-0.3, -0.25) is 0 Å². The van der Waals surface area contributed by atoms with Crippen molar-refractivity contribution in [1.82, 2.24) is 0 Å². The van der Waals surface area contributed by atoms with Gasteiger partial charge in [0.15, 0.2) is 0 Å². The van der Waals surface area contributed by atoms with E-state index in [-0.39, 0.29) is 12.4 Å². The third kappa shape index (κ3) is 2.98. The highest BCUT2D eigenvalue weighted by molar-refractivity contribution is 6.60. The van der Waals surface area contributed by atoms with Gasteiger partial charge in [0.1, 0.15) is 0 Å². The molecule has 0 amide bonds. The quantitative estimate of drug-likeness (QED) is 0.620. The molecule has 0 unspecified atom stereocenters. The smallest absolute Gasteiger partial charge is 0.377 e. The molecule has 0 aromatic heterocycles. The predicted octanol–water partition coefficient (Wildman–Crippen LogP) is 1.31. The minimum atomic E-state index is -2.19. The lowest BCUT2D eigenvalue weighted by Crippen LogP contribution is -2.41. The van der Waals surface area contributed by atoms with Crippen molar-refractivity contribution in [1.29, 1.82) is 0 Å². The third-order valence-corrected chi connectivity index (χ3v) is 4.10. The Labute approximate surface area is 69.4 Å². The average Bonchev–Trinajstić information content (AvgIpc) is 1.95. The lowest BCUT2D eigenvalue weighted by molar-refractivity contribution is 0.125. The number of halogens is 1. The molecule has 0 aromatic carbocycles. The fourth-order valence-electron chi connectivity index (χ4n) is 0.683. The maximum Gasteiger partial charge on any atom is 0.499 e. The van der Waals surface area contributed by atoms with Crippen LogP contribution in [0.5, 0.6) is 0 Å². The van der Waals surface area contributed by atoms with Crippen molar-refractivity contribution < 1.29 is 13.3 Å². The van der Waals surface area contributed by atoms with Gasteiger partial charge in [-0.15, -0.1) is 12.4 Å². The van der Waals surface area contributed by atoms with E-state index in [1.165, 1.54) is 0 Å². The van der Waals surface area contributed by atoms with E-state index in [2.05, 4.69) is 0 Å². The van der Waals surface area contributed by atoms with Crippen LogP contribution in [0.15, 0.2) is 0 Å². The van der Waals surface area contributed by atoms with Gasteiger partial charge in [0.2, 0.25) is 0 Å². The second kappa shape index (κ2) is 6.12. The Bertz CT molecular complexity index is 59.8.